The van der Waals surface area contributed by atoms with Crippen molar-refractivity contribution in [2.75, 3.05) is 20.8 Å². The van der Waals surface area contributed by atoms with Gasteiger partial charge in [-0.2, -0.15) is 5.26 Å². The van der Waals surface area contributed by atoms with Gasteiger partial charge in [0.25, 0.3) is 0 Å². The van der Waals surface area contributed by atoms with Gasteiger partial charge in [-0.3, -0.25) is 4.90 Å². The first-order valence-electron chi connectivity index (χ1n) is 7.29. The van der Waals surface area contributed by atoms with Crippen LogP contribution >= 0.6 is 0 Å². The first-order chi connectivity index (χ1) is 11.2. The van der Waals surface area contributed by atoms with Crippen LogP contribution in [0.4, 0.5) is 0 Å². The molecule has 0 bridgehead atoms. The van der Waals surface area contributed by atoms with Gasteiger partial charge < -0.3 is 19.0 Å². The standard InChI is InChI=1S/C17H18N2O4/c1-21-15-5-6-16(22-2)17-13(15)9-19(10-14(17)20)8-12-4-3-11(7-18)23-12/h3-6,14,20H,8-10H2,1-2H3. The molecule has 6 heteroatoms. The molecule has 3 rings (SSSR count). The summed E-state index contributed by atoms with van der Waals surface area (Å²) in [5.74, 6) is 2.37. The summed E-state index contributed by atoms with van der Waals surface area (Å²) in [5.41, 5.74) is 1.69. The second kappa shape index (κ2) is 6.32. The maximum absolute atomic E-state index is 10.5. The lowest BCUT2D eigenvalue weighted by molar-refractivity contribution is 0.0803. The number of methoxy groups -OCH3 is 2. The fourth-order valence-corrected chi connectivity index (χ4v) is 3.01. The molecule has 2 heterocycles. The van der Waals surface area contributed by atoms with Crippen molar-refractivity contribution in [2.24, 2.45) is 0 Å². The molecule has 1 unspecified atom stereocenters. The van der Waals surface area contributed by atoms with Gasteiger partial charge in [0, 0.05) is 24.2 Å². The first kappa shape index (κ1) is 15.4. The van der Waals surface area contributed by atoms with E-state index in [0.717, 1.165) is 16.9 Å². The minimum absolute atomic E-state index is 0.289. The minimum atomic E-state index is -0.672. The van der Waals surface area contributed by atoms with Crippen LogP contribution in [-0.2, 0) is 13.1 Å². The fraction of sp³-hybridized carbons (Fsp3) is 0.353. The van der Waals surface area contributed by atoms with E-state index in [1.165, 1.54) is 0 Å². The number of benzene rings is 1. The maximum Gasteiger partial charge on any atom is 0.203 e. The summed E-state index contributed by atoms with van der Waals surface area (Å²) >= 11 is 0. The highest BCUT2D eigenvalue weighted by Gasteiger charge is 2.30. The third-order valence-corrected chi connectivity index (χ3v) is 4.01. The Kier molecular flexibility index (Phi) is 4.24. The number of aliphatic hydroxyl groups is 1. The van der Waals surface area contributed by atoms with Crippen molar-refractivity contribution in [2.45, 2.75) is 19.2 Å². The lowest BCUT2D eigenvalue weighted by Crippen LogP contribution is -2.33. The van der Waals surface area contributed by atoms with Gasteiger partial charge >= 0.3 is 0 Å². The van der Waals surface area contributed by atoms with Crippen molar-refractivity contribution in [3.63, 3.8) is 0 Å². The molecule has 120 valence electrons. The van der Waals surface area contributed by atoms with E-state index in [1.54, 1.807) is 26.4 Å². The summed E-state index contributed by atoms with van der Waals surface area (Å²) in [6.07, 6.45) is -0.672. The molecule has 1 aliphatic rings. The molecule has 1 N–H and O–H groups in total. The van der Waals surface area contributed by atoms with Crippen LogP contribution in [0.1, 0.15) is 28.8 Å². The zero-order valence-electron chi connectivity index (χ0n) is 13.1. The molecule has 1 aromatic carbocycles. The Bertz CT molecular complexity index is 748. The Morgan fingerprint density at radius 3 is 2.65 bits per heavy atom. The van der Waals surface area contributed by atoms with Crippen LogP contribution in [-0.4, -0.2) is 30.8 Å². The Morgan fingerprint density at radius 2 is 2.00 bits per heavy atom. The number of rotatable bonds is 4. The largest absolute Gasteiger partial charge is 0.496 e. The van der Waals surface area contributed by atoms with Gasteiger partial charge in [-0.25, -0.2) is 0 Å². The molecule has 0 spiro atoms. The Balaban J connectivity index is 1.89. The quantitative estimate of drug-likeness (QED) is 0.932. The van der Waals surface area contributed by atoms with E-state index in [4.69, 9.17) is 19.2 Å². The van der Waals surface area contributed by atoms with Crippen LogP contribution in [0.5, 0.6) is 11.5 Å². The predicted octanol–water partition coefficient (Wildman–Crippen LogP) is 2.22. The van der Waals surface area contributed by atoms with Crippen molar-refractivity contribution in [1.29, 1.82) is 5.26 Å². The highest BCUT2D eigenvalue weighted by atomic mass is 16.5. The van der Waals surface area contributed by atoms with E-state index in [-0.39, 0.29) is 5.76 Å². The highest BCUT2D eigenvalue weighted by Crippen LogP contribution is 2.39. The van der Waals surface area contributed by atoms with E-state index >= 15 is 0 Å². The van der Waals surface area contributed by atoms with Gasteiger partial charge in [-0.15, -0.1) is 0 Å². The molecule has 1 aromatic heterocycles. The van der Waals surface area contributed by atoms with Crippen LogP contribution in [0.3, 0.4) is 0 Å². The lowest BCUT2D eigenvalue weighted by Gasteiger charge is -2.33. The van der Waals surface area contributed by atoms with E-state index in [1.807, 2.05) is 18.2 Å². The van der Waals surface area contributed by atoms with E-state index in [2.05, 4.69) is 4.90 Å². The van der Waals surface area contributed by atoms with Gasteiger partial charge in [0.15, 0.2) is 0 Å². The summed E-state index contributed by atoms with van der Waals surface area (Å²) in [6.45, 7) is 1.58. The zero-order chi connectivity index (χ0) is 16.4. The number of furan rings is 1. The second-order valence-corrected chi connectivity index (χ2v) is 5.43. The third-order valence-electron chi connectivity index (χ3n) is 4.01. The highest BCUT2D eigenvalue weighted by molar-refractivity contribution is 5.51. The third kappa shape index (κ3) is 2.89. The van der Waals surface area contributed by atoms with Gasteiger partial charge in [0.1, 0.15) is 23.3 Å². The molecule has 0 amide bonds. The van der Waals surface area contributed by atoms with Gasteiger partial charge in [0.05, 0.1) is 26.9 Å². The normalized spacial score (nSPS) is 17.4. The zero-order valence-corrected chi connectivity index (χ0v) is 13.1. The SMILES string of the molecule is COc1ccc(OC)c2c1CN(Cc1ccc(C#N)o1)CC2O. The minimum Gasteiger partial charge on any atom is -0.496 e. The predicted molar refractivity (Wildman–Crippen MR) is 82.0 cm³/mol. The summed E-state index contributed by atoms with van der Waals surface area (Å²) in [6, 6.07) is 9.05. The summed E-state index contributed by atoms with van der Waals surface area (Å²) in [5, 5.41) is 19.4. The van der Waals surface area contributed by atoms with E-state index < -0.39 is 6.10 Å². The average Bonchev–Trinajstić information content (AvgIpc) is 3.01. The second-order valence-electron chi connectivity index (χ2n) is 5.43. The van der Waals surface area contributed by atoms with Crippen LogP contribution in [0.2, 0.25) is 0 Å². The van der Waals surface area contributed by atoms with Crippen molar-refractivity contribution >= 4 is 0 Å². The number of nitriles is 1. The monoisotopic (exact) mass is 314 g/mol. The molecular weight excluding hydrogens is 296 g/mol. The molecule has 0 radical (unpaired) electrons. The molecule has 0 fully saturated rings. The van der Waals surface area contributed by atoms with E-state index in [9.17, 15) is 5.11 Å². The molecule has 1 atom stereocenters. The van der Waals surface area contributed by atoms with Crippen molar-refractivity contribution in [3.8, 4) is 17.6 Å². The number of aliphatic hydroxyl groups excluding tert-OH is 1. The molecular formula is C17H18N2O4. The van der Waals surface area contributed by atoms with Gasteiger partial charge in [-0.05, 0) is 24.3 Å². The summed E-state index contributed by atoms with van der Waals surface area (Å²) in [4.78, 5) is 2.05. The molecule has 0 aliphatic carbocycles. The van der Waals surface area contributed by atoms with Crippen molar-refractivity contribution in [3.05, 3.63) is 46.9 Å². The lowest BCUT2D eigenvalue weighted by atomic mass is 9.95. The Hall–Kier alpha value is -2.49. The fourth-order valence-electron chi connectivity index (χ4n) is 3.01. The smallest absolute Gasteiger partial charge is 0.203 e. The Labute approximate surface area is 134 Å². The number of ether oxygens (including phenoxy) is 2. The topological polar surface area (TPSA) is 78.9 Å². The number of hydrogen-bond acceptors (Lipinski definition) is 6. The molecule has 0 saturated carbocycles. The number of fused-ring (bicyclic) bond motifs is 1. The summed E-state index contributed by atoms with van der Waals surface area (Å²) < 4.78 is 16.2. The average molecular weight is 314 g/mol. The van der Waals surface area contributed by atoms with Crippen LogP contribution in [0, 0.1) is 11.3 Å². The molecule has 0 saturated heterocycles. The summed E-state index contributed by atoms with van der Waals surface area (Å²) in [7, 11) is 3.20. The molecule has 1 aliphatic heterocycles. The Morgan fingerprint density at radius 1 is 1.26 bits per heavy atom. The number of hydrogen-bond donors (Lipinski definition) is 1. The molecule has 2 aromatic rings. The molecule has 6 nitrogen and oxygen atoms in total. The maximum atomic E-state index is 10.5. The first-order valence-corrected chi connectivity index (χ1v) is 7.29. The van der Waals surface area contributed by atoms with Gasteiger partial charge in [0.2, 0.25) is 5.76 Å². The van der Waals surface area contributed by atoms with Crippen LogP contribution < -0.4 is 9.47 Å². The van der Waals surface area contributed by atoms with Gasteiger partial charge in [-0.1, -0.05) is 0 Å². The van der Waals surface area contributed by atoms with Crippen LogP contribution in [0.15, 0.2) is 28.7 Å². The van der Waals surface area contributed by atoms with E-state index in [0.29, 0.717) is 31.1 Å². The van der Waals surface area contributed by atoms with Crippen LogP contribution in [0.25, 0.3) is 0 Å². The number of nitrogens with zero attached hydrogens (tertiary/aromatic N) is 2. The number of β-amino-alcohol motifs (C(OH)–C–C–N with tert-alkyl or cyclic N) is 1. The van der Waals surface area contributed by atoms with Crippen molar-refractivity contribution < 1.29 is 19.0 Å². The molecule has 23 heavy (non-hydrogen) atoms. The van der Waals surface area contributed by atoms with Crippen molar-refractivity contribution in [1.82, 2.24) is 4.90 Å².